The van der Waals surface area contributed by atoms with Crippen LogP contribution >= 0.6 is 11.3 Å². The summed E-state index contributed by atoms with van der Waals surface area (Å²) in [4.78, 5) is 8.77. The Hall–Kier alpha value is -1.11. The van der Waals surface area contributed by atoms with Crippen LogP contribution in [0.4, 0.5) is 0 Å². The average molecular weight is 353 g/mol. The maximum Gasteiger partial charge on any atom is 0.191 e. The number of hydrogen-bond acceptors (Lipinski definition) is 4. The summed E-state index contributed by atoms with van der Waals surface area (Å²) in [6.07, 6.45) is 1.04. The molecule has 6 heteroatoms. The number of thiophene rings is 1. The van der Waals surface area contributed by atoms with Crippen LogP contribution in [0.15, 0.2) is 22.5 Å². The maximum absolute atomic E-state index is 5.48. The Kier molecular flexibility index (Phi) is 8.56. The van der Waals surface area contributed by atoms with Crippen LogP contribution in [0.5, 0.6) is 0 Å². The van der Waals surface area contributed by atoms with Gasteiger partial charge >= 0.3 is 0 Å². The van der Waals surface area contributed by atoms with E-state index >= 15 is 0 Å². The van der Waals surface area contributed by atoms with E-state index in [1.807, 2.05) is 11.3 Å². The third kappa shape index (κ3) is 6.42. The van der Waals surface area contributed by atoms with Gasteiger partial charge in [-0.15, -0.1) is 11.3 Å². The van der Waals surface area contributed by atoms with Gasteiger partial charge in [0.1, 0.15) is 0 Å². The van der Waals surface area contributed by atoms with Crippen LogP contribution < -0.4 is 10.6 Å². The summed E-state index contributed by atoms with van der Waals surface area (Å²) in [5.74, 6) is 1.51. The van der Waals surface area contributed by atoms with Gasteiger partial charge in [-0.05, 0) is 30.7 Å². The number of morpholine rings is 1. The second-order valence-corrected chi connectivity index (χ2v) is 7.47. The molecular formula is C18H32N4OS. The first-order valence-corrected chi connectivity index (χ1v) is 9.95. The van der Waals surface area contributed by atoms with E-state index in [-0.39, 0.29) is 0 Å². The van der Waals surface area contributed by atoms with Gasteiger partial charge in [0.05, 0.1) is 19.8 Å². The summed E-state index contributed by atoms with van der Waals surface area (Å²) >= 11 is 1.81. The number of rotatable bonds is 8. The van der Waals surface area contributed by atoms with Gasteiger partial charge in [-0.1, -0.05) is 19.9 Å². The summed E-state index contributed by atoms with van der Waals surface area (Å²) in [7, 11) is 0. The van der Waals surface area contributed by atoms with Crippen molar-refractivity contribution in [3.63, 3.8) is 0 Å². The van der Waals surface area contributed by atoms with Gasteiger partial charge in [-0.3, -0.25) is 9.89 Å². The highest BCUT2D eigenvalue weighted by molar-refractivity contribution is 7.09. The topological polar surface area (TPSA) is 48.9 Å². The molecule has 1 aliphatic rings. The Labute approximate surface area is 150 Å². The lowest BCUT2D eigenvalue weighted by atomic mass is 10.0. The number of nitrogens with one attached hydrogen (secondary N) is 2. The molecule has 0 saturated carbocycles. The summed E-state index contributed by atoms with van der Waals surface area (Å²) in [6.45, 7) is 13.0. The minimum atomic E-state index is 0.474. The zero-order valence-corrected chi connectivity index (χ0v) is 16.1. The van der Waals surface area contributed by atoms with Crippen molar-refractivity contribution in [3.05, 3.63) is 22.4 Å². The fourth-order valence-electron chi connectivity index (χ4n) is 2.94. The lowest BCUT2D eigenvalue weighted by molar-refractivity contribution is 0.00867. The molecule has 1 aromatic rings. The molecule has 1 unspecified atom stereocenters. The average Bonchev–Trinajstić information content (AvgIpc) is 3.09. The van der Waals surface area contributed by atoms with Crippen molar-refractivity contribution in [1.29, 1.82) is 0 Å². The van der Waals surface area contributed by atoms with Crippen LogP contribution in [0.2, 0.25) is 0 Å². The predicted octanol–water partition coefficient (Wildman–Crippen LogP) is 2.20. The Morgan fingerprint density at radius 3 is 2.75 bits per heavy atom. The zero-order valence-electron chi connectivity index (χ0n) is 15.3. The number of aliphatic imine (C=N–C) groups is 1. The van der Waals surface area contributed by atoms with E-state index in [0.717, 1.165) is 58.3 Å². The highest BCUT2D eigenvalue weighted by Crippen LogP contribution is 2.13. The number of ether oxygens (including phenoxy) is 1. The third-order valence-electron chi connectivity index (χ3n) is 4.31. The molecule has 2 rings (SSSR count). The molecule has 0 aromatic carbocycles. The molecule has 2 N–H and O–H groups in total. The molecule has 1 aliphatic heterocycles. The largest absolute Gasteiger partial charge is 0.379 e. The minimum absolute atomic E-state index is 0.474. The predicted molar refractivity (Wildman–Crippen MR) is 103 cm³/mol. The van der Waals surface area contributed by atoms with Gasteiger partial charge in [0, 0.05) is 37.1 Å². The number of nitrogens with zero attached hydrogens (tertiary/aromatic N) is 2. The summed E-state index contributed by atoms with van der Waals surface area (Å²) < 4.78 is 5.48. The normalized spacial score (nSPS) is 17.9. The molecular weight excluding hydrogens is 320 g/mol. The Balaban J connectivity index is 1.86. The van der Waals surface area contributed by atoms with Crippen molar-refractivity contribution in [3.8, 4) is 0 Å². The smallest absolute Gasteiger partial charge is 0.191 e. The van der Waals surface area contributed by atoms with Crippen molar-refractivity contribution >= 4 is 17.3 Å². The monoisotopic (exact) mass is 352 g/mol. The van der Waals surface area contributed by atoms with Crippen LogP contribution in [0.25, 0.3) is 0 Å². The van der Waals surface area contributed by atoms with Crippen LogP contribution in [-0.2, 0) is 11.2 Å². The standard InChI is InChI=1S/C18H32N4OS/c1-4-19-18(20-8-7-16-6-5-13-24-16)21-14-17(15(2)3)22-9-11-23-12-10-22/h5-6,13,15,17H,4,7-12,14H2,1-3H3,(H2,19,20,21). The molecule has 1 fully saturated rings. The first-order chi connectivity index (χ1) is 11.7. The van der Waals surface area contributed by atoms with E-state index in [0.29, 0.717) is 12.0 Å². The quantitative estimate of drug-likeness (QED) is 0.556. The highest BCUT2D eigenvalue weighted by atomic mass is 32.1. The minimum Gasteiger partial charge on any atom is -0.379 e. The van der Waals surface area contributed by atoms with Crippen molar-refractivity contribution in [2.75, 3.05) is 45.9 Å². The molecule has 1 saturated heterocycles. The van der Waals surface area contributed by atoms with E-state index in [1.165, 1.54) is 4.88 Å². The van der Waals surface area contributed by atoms with E-state index in [1.54, 1.807) is 0 Å². The fourth-order valence-corrected chi connectivity index (χ4v) is 3.65. The van der Waals surface area contributed by atoms with Gasteiger partial charge in [0.15, 0.2) is 5.96 Å². The molecule has 0 radical (unpaired) electrons. The lowest BCUT2D eigenvalue weighted by Crippen LogP contribution is -2.48. The first-order valence-electron chi connectivity index (χ1n) is 9.07. The third-order valence-corrected chi connectivity index (χ3v) is 5.25. The maximum atomic E-state index is 5.48. The second kappa shape index (κ2) is 10.7. The molecule has 0 bridgehead atoms. The molecule has 0 spiro atoms. The Morgan fingerprint density at radius 2 is 2.12 bits per heavy atom. The molecule has 5 nitrogen and oxygen atoms in total. The lowest BCUT2D eigenvalue weighted by Gasteiger charge is -2.36. The molecule has 0 aliphatic carbocycles. The molecule has 1 aromatic heterocycles. The van der Waals surface area contributed by atoms with Crippen molar-refractivity contribution in [1.82, 2.24) is 15.5 Å². The number of guanidine groups is 1. The van der Waals surface area contributed by atoms with Crippen LogP contribution in [0, 0.1) is 5.92 Å². The molecule has 24 heavy (non-hydrogen) atoms. The molecule has 0 amide bonds. The Bertz CT molecular complexity index is 469. The van der Waals surface area contributed by atoms with Gasteiger partial charge in [-0.2, -0.15) is 0 Å². The van der Waals surface area contributed by atoms with Gasteiger partial charge in [-0.25, -0.2) is 0 Å². The summed E-state index contributed by atoms with van der Waals surface area (Å²) in [5.41, 5.74) is 0. The second-order valence-electron chi connectivity index (χ2n) is 6.44. The SMILES string of the molecule is CCNC(=NCC(C(C)C)N1CCOCC1)NCCc1cccs1. The van der Waals surface area contributed by atoms with Crippen LogP contribution in [-0.4, -0.2) is 62.8 Å². The molecule has 1 atom stereocenters. The van der Waals surface area contributed by atoms with E-state index in [9.17, 15) is 0 Å². The van der Waals surface area contributed by atoms with E-state index in [2.05, 4.69) is 53.8 Å². The van der Waals surface area contributed by atoms with Gasteiger partial charge < -0.3 is 15.4 Å². The zero-order chi connectivity index (χ0) is 17.2. The summed E-state index contributed by atoms with van der Waals surface area (Å²) in [5, 5.41) is 8.95. The van der Waals surface area contributed by atoms with Crippen molar-refractivity contribution in [2.24, 2.45) is 10.9 Å². The summed E-state index contributed by atoms with van der Waals surface area (Å²) in [6, 6.07) is 4.76. The van der Waals surface area contributed by atoms with Crippen LogP contribution in [0.1, 0.15) is 25.6 Å². The van der Waals surface area contributed by atoms with Gasteiger partial charge in [0.25, 0.3) is 0 Å². The fraction of sp³-hybridized carbons (Fsp3) is 0.722. The van der Waals surface area contributed by atoms with Crippen molar-refractivity contribution in [2.45, 2.75) is 33.2 Å². The Morgan fingerprint density at radius 1 is 1.33 bits per heavy atom. The molecule has 2 heterocycles. The first kappa shape index (κ1) is 19.2. The van der Waals surface area contributed by atoms with E-state index in [4.69, 9.17) is 9.73 Å². The van der Waals surface area contributed by atoms with E-state index < -0.39 is 0 Å². The van der Waals surface area contributed by atoms with Crippen molar-refractivity contribution < 1.29 is 4.74 Å². The highest BCUT2D eigenvalue weighted by Gasteiger charge is 2.23. The van der Waals surface area contributed by atoms with Crippen LogP contribution in [0.3, 0.4) is 0 Å². The number of hydrogen-bond donors (Lipinski definition) is 2. The molecule has 136 valence electrons. The van der Waals surface area contributed by atoms with Gasteiger partial charge in [0.2, 0.25) is 0 Å².